The van der Waals surface area contributed by atoms with Crippen LogP contribution in [-0.2, 0) is 11.3 Å². The Labute approximate surface area is 137 Å². The van der Waals surface area contributed by atoms with Gasteiger partial charge in [0.25, 0.3) is 0 Å². The second kappa shape index (κ2) is 6.17. The van der Waals surface area contributed by atoms with E-state index in [9.17, 15) is 0 Å². The van der Waals surface area contributed by atoms with Crippen molar-refractivity contribution >= 4 is 27.9 Å². The maximum absolute atomic E-state index is 6.15. The lowest BCUT2D eigenvalue weighted by Crippen LogP contribution is -2.19. The summed E-state index contributed by atoms with van der Waals surface area (Å²) in [5.41, 5.74) is 10.6. The quantitative estimate of drug-likeness (QED) is 0.743. The standard InChI is InChI=1S/C16H18N4O2S/c17-13-5-11-7-19-20(16-3-1-2-4-21-16)14(11)6-12(13)8-22-15-9-23-10-18-15/h5-7,9-10,16H,1-4,8,17H2. The van der Waals surface area contributed by atoms with E-state index in [2.05, 4.69) is 10.1 Å². The molecule has 0 spiro atoms. The van der Waals surface area contributed by atoms with Gasteiger partial charge in [0.1, 0.15) is 6.61 Å². The molecule has 0 bridgehead atoms. The number of rotatable bonds is 4. The summed E-state index contributed by atoms with van der Waals surface area (Å²) in [6.45, 7) is 1.18. The van der Waals surface area contributed by atoms with E-state index in [1.165, 1.54) is 17.8 Å². The predicted octanol–water partition coefficient (Wildman–Crippen LogP) is 3.35. The first-order valence-corrected chi connectivity index (χ1v) is 8.64. The minimum atomic E-state index is 0.0113. The minimum Gasteiger partial charge on any atom is -0.472 e. The van der Waals surface area contributed by atoms with Crippen LogP contribution in [0.4, 0.5) is 5.69 Å². The molecular weight excluding hydrogens is 312 g/mol. The molecule has 0 aliphatic carbocycles. The number of nitrogen functional groups attached to an aromatic ring is 1. The number of hydrogen-bond acceptors (Lipinski definition) is 6. The summed E-state index contributed by atoms with van der Waals surface area (Å²) in [6, 6.07) is 3.99. The van der Waals surface area contributed by atoms with Crippen molar-refractivity contribution in [1.82, 2.24) is 14.8 Å². The van der Waals surface area contributed by atoms with Gasteiger partial charge in [-0.1, -0.05) is 0 Å². The van der Waals surface area contributed by atoms with Crippen LogP contribution in [0, 0.1) is 0 Å². The first-order valence-electron chi connectivity index (χ1n) is 7.69. The van der Waals surface area contributed by atoms with Crippen LogP contribution in [0.5, 0.6) is 5.88 Å². The number of aromatic nitrogens is 3. The third kappa shape index (κ3) is 2.89. The molecule has 6 nitrogen and oxygen atoms in total. The van der Waals surface area contributed by atoms with Gasteiger partial charge >= 0.3 is 0 Å². The molecule has 1 aliphatic heterocycles. The third-order valence-electron chi connectivity index (χ3n) is 4.07. The molecule has 1 aromatic carbocycles. The van der Waals surface area contributed by atoms with Crippen LogP contribution in [0.1, 0.15) is 31.1 Å². The van der Waals surface area contributed by atoms with Gasteiger partial charge in [-0.25, -0.2) is 9.67 Å². The lowest BCUT2D eigenvalue weighted by Gasteiger charge is -2.23. The number of nitrogens with two attached hydrogens (primary N) is 1. The highest BCUT2D eigenvalue weighted by Gasteiger charge is 2.19. The summed E-state index contributed by atoms with van der Waals surface area (Å²) in [5.74, 6) is 0.624. The number of hydrogen-bond donors (Lipinski definition) is 1. The molecule has 0 saturated carbocycles. The Balaban J connectivity index is 1.63. The van der Waals surface area contributed by atoms with Crippen molar-refractivity contribution in [3.63, 3.8) is 0 Å². The fraction of sp³-hybridized carbons (Fsp3) is 0.375. The summed E-state index contributed by atoms with van der Waals surface area (Å²) < 4.78 is 13.5. The monoisotopic (exact) mass is 330 g/mol. The highest BCUT2D eigenvalue weighted by molar-refractivity contribution is 7.07. The van der Waals surface area contributed by atoms with Crippen LogP contribution in [0.3, 0.4) is 0 Å². The fourth-order valence-electron chi connectivity index (χ4n) is 2.85. The number of fused-ring (bicyclic) bond motifs is 1. The second-order valence-corrected chi connectivity index (χ2v) is 6.35. The van der Waals surface area contributed by atoms with Gasteiger partial charge in [0, 0.05) is 23.2 Å². The molecule has 3 heterocycles. The van der Waals surface area contributed by atoms with Crippen molar-refractivity contribution in [2.45, 2.75) is 32.1 Å². The molecule has 4 rings (SSSR count). The van der Waals surface area contributed by atoms with Gasteiger partial charge in [-0.15, -0.1) is 11.3 Å². The van der Waals surface area contributed by atoms with E-state index in [1.54, 1.807) is 5.51 Å². The summed E-state index contributed by atoms with van der Waals surface area (Å²) in [5, 5.41) is 7.39. The van der Waals surface area contributed by atoms with Crippen LogP contribution in [0.2, 0.25) is 0 Å². The van der Waals surface area contributed by atoms with Crippen LogP contribution in [0.15, 0.2) is 29.2 Å². The van der Waals surface area contributed by atoms with Crippen LogP contribution >= 0.6 is 11.3 Å². The zero-order valence-electron chi connectivity index (χ0n) is 12.6. The van der Waals surface area contributed by atoms with E-state index in [1.807, 2.05) is 28.4 Å². The van der Waals surface area contributed by atoms with Crippen LogP contribution in [0.25, 0.3) is 10.9 Å². The molecule has 1 unspecified atom stereocenters. The lowest BCUT2D eigenvalue weighted by atomic mass is 10.1. The zero-order valence-corrected chi connectivity index (χ0v) is 13.5. The first kappa shape index (κ1) is 14.5. The molecule has 0 radical (unpaired) electrons. The average Bonchev–Trinajstić information content (AvgIpc) is 3.22. The Hall–Kier alpha value is -2.12. The number of thiazole rings is 1. The van der Waals surface area contributed by atoms with Gasteiger partial charge < -0.3 is 15.2 Å². The molecule has 23 heavy (non-hydrogen) atoms. The van der Waals surface area contributed by atoms with E-state index < -0.39 is 0 Å². The van der Waals surface area contributed by atoms with E-state index in [0.717, 1.165) is 35.9 Å². The van der Waals surface area contributed by atoms with Gasteiger partial charge in [0.2, 0.25) is 5.88 Å². The molecule has 1 saturated heterocycles. The molecule has 1 atom stereocenters. The summed E-state index contributed by atoms with van der Waals surface area (Å²) in [4.78, 5) is 4.12. The topological polar surface area (TPSA) is 75.2 Å². The van der Waals surface area contributed by atoms with Crippen molar-refractivity contribution in [2.75, 3.05) is 12.3 Å². The number of benzene rings is 1. The number of ether oxygens (including phenoxy) is 2. The van der Waals surface area contributed by atoms with Crippen molar-refractivity contribution < 1.29 is 9.47 Å². The maximum Gasteiger partial charge on any atom is 0.224 e. The van der Waals surface area contributed by atoms with Crippen molar-refractivity contribution in [1.29, 1.82) is 0 Å². The molecule has 3 aromatic rings. The molecule has 0 amide bonds. The van der Waals surface area contributed by atoms with E-state index in [-0.39, 0.29) is 6.23 Å². The maximum atomic E-state index is 6.15. The van der Waals surface area contributed by atoms with Gasteiger partial charge in [0.05, 0.1) is 22.6 Å². The second-order valence-electron chi connectivity index (χ2n) is 5.64. The lowest BCUT2D eigenvalue weighted by molar-refractivity contribution is -0.0366. The first-order chi connectivity index (χ1) is 11.3. The SMILES string of the molecule is Nc1cc2cnn(C3CCCCO3)c2cc1COc1cscn1. The van der Waals surface area contributed by atoms with Crippen molar-refractivity contribution in [3.05, 3.63) is 34.8 Å². The van der Waals surface area contributed by atoms with Gasteiger partial charge in [0.15, 0.2) is 6.23 Å². The normalized spacial score (nSPS) is 18.3. The third-order valence-corrected chi connectivity index (χ3v) is 4.64. The highest BCUT2D eigenvalue weighted by atomic mass is 32.1. The van der Waals surface area contributed by atoms with E-state index >= 15 is 0 Å². The van der Waals surface area contributed by atoms with Crippen LogP contribution < -0.4 is 10.5 Å². The summed E-state index contributed by atoms with van der Waals surface area (Å²) in [7, 11) is 0. The molecule has 2 N–H and O–H groups in total. The van der Waals surface area contributed by atoms with E-state index in [0.29, 0.717) is 18.2 Å². The van der Waals surface area contributed by atoms with Crippen molar-refractivity contribution in [3.8, 4) is 5.88 Å². The fourth-order valence-corrected chi connectivity index (χ4v) is 3.32. The highest BCUT2D eigenvalue weighted by Crippen LogP contribution is 2.29. The minimum absolute atomic E-state index is 0.0113. The Bertz CT molecular complexity index is 794. The predicted molar refractivity (Wildman–Crippen MR) is 89.4 cm³/mol. The molecular formula is C16H18N4O2S. The summed E-state index contributed by atoms with van der Waals surface area (Å²) in [6.07, 6.45) is 5.13. The number of nitrogens with zero attached hydrogens (tertiary/aromatic N) is 3. The molecule has 7 heteroatoms. The van der Waals surface area contributed by atoms with Crippen LogP contribution in [-0.4, -0.2) is 21.4 Å². The summed E-state index contributed by atoms with van der Waals surface area (Å²) >= 11 is 1.51. The Morgan fingerprint density at radius 1 is 1.39 bits per heavy atom. The molecule has 1 fully saturated rings. The van der Waals surface area contributed by atoms with Gasteiger partial charge in [-0.05, 0) is 31.4 Å². The van der Waals surface area contributed by atoms with Gasteiger partial charge in [-0.2, -0.15) is 5.10 Å². The average molecular weight is 330 g/mol. The largest absolute Gasteiger partial charge is 0.472 e. The Kier molecular flexibility index (Phi) is 3.88. The van der Waals surface area contributed by atoms with Gasteiger partial charge in [-0.3, -0.25) is 0 Å². The van der Waals surface area contributed by atoms with E-state index in [4.69, 9.17) is 15.2 Å². The smallest absolute Gasteiger partial charge is 0.224 e. The molecule has 120 valence electrons. The van der Waals surface area contributed by atoms with Crippen molar-refractivity contribution in [2.24, 2.45) is 0 Å². The number of anilines is 1. The molecule has 2 aromatic heterocycles. The Morgan fingerprint density at radius 3 is 3.13 bits per heavy atom. The zero-order chi connectivity index (χ0) is 15.6. The molecule has 1 aliphatic rings. The Morgan fingerprint density at radius 2 is 2.35 bits per heavy atom.